The van der Waals surface area contributed by atoms with Crippen molar-refractivity contribution in [1.82, 2.24) is 0 Å². The van der Waals surface area contributed by atoms with E-state index in [0.717, 1.165) is 0 Å². The summed E-state index contributed by atoms with van der Waals surface area (Å²) in [6.45, 7) is 0.681. The maximum atomic E-state index is 10.6. The van der Waals surface area contributed by atoms with E-state index in [1.54, 1.807) is 18.2 Å². The Hall–Kier alpha value is -1.71. The third-order valence-corrected chi connectivity index (χ3v) is 2.60. The molecule has 1 aliphatic rings. The molecule has 0 unspecified atom stereocenters. The predicted molar refractivity (Wildman–Crippen MR) is 60.4 cm³/mol. The Morgan fingerprint density at radius 2 is 2.25 bits per heavy atom. The van der Waals surface area contributed by atoms with Crippen molar-refractivity contribution >= 4 is 11.7 Å². The fourth-order valence-corrected chi connectivity index (χ4v) is 1.48. The number of carboxylic acids is 1. The number of ether oxygens (including phenoxy) is 1. The number of benzene rings is 1. The molecule has 4 nitrogen and oxygen atoms in total. The molecule has 0 bridgehead atoms. The molecule has 2 rings (SSSR count). The zero-order valence-electron chi connectivity index (χ0n) is 8.98. The first kappa shape index (κ1) is 10.8. The Bertz CT molecular complexity index is 399. The molecule has 0 atom stereocenters. The molecule has 86 valence electrons. The number of anilines is 1. The van der Waals surface area contributed by atoms with Crippen molar-refractivity contribution in [1.29, 1.82) is 0 Å². The Kier molecular flexibility index (Phi) is 2.99. The van der Waals surface area contributed by atoms with Gasteiger partial charge >= 0.3 is 5.97 Å². The molecular formula is C12H15NO3. The molecule has 1 saturated carbocycles. The van der Waals surface area contributed by atoms with Gasteiger partial charge in [0.1, 0.15) is 5.75 Å². The van der Waals surface area contributed by atoms with E-state index in [2.05, 4.69) is 0 Å². The van der Waals surface area contributed by atoms with Crippen LogP contribution in [0.4, 0.5) is 5.69 Å². The lowest BCUT2D eigenvalue weighted by molar-refractivity contribution is -0.136. The summed E-state index contributed by atoms with van der Waals surface area (Å²) in [4.78, 5) is 10.6. The summed E-state index contributed by atoms with van der Waals surface area (Å²) in [5.74, 6) is 0.408. The van der Waals surface area contributed by atoms with Crippen molar-refractivity contribution in [3.8, 4) is 5.75 Å². The zero-order chi connectivity index (χ0) is 11.5. The molecule has 0 heterocycles. The van der Waals surface area contributed by atoms with Gasteiger partial charge in [0.15, 0.2) is 0 Å². The lowest BCUT2D eigenvalue weighted by Gasteiger charge is -2.09. The summed E-state index contributed by atoms with van der Waals surface area (Å²) in [6, 6.07) is 5.12. The van der Waals surface area contributed by atoms with Gasteiger partial charge in [0.05, 0.1) is 18.7 Å². The van der Waals surface area contributed by atoms with Crippen molar-refractivity contribution < 1.29 is 14.6 Å². The monoisotopic (exact) mass is 221 g/mol. The van der Waals surface area contributed by atoms with Crippen molar-refractivity contribution in [2.45, 2.75) is 19.3 Å². The molecule has 1 aliphatic carbocycles. The molecule has 1 fully saturated rings. The molecule has 0 amide bonds. The topological polar surface area (TPSA) is 72.6 Å². The zero-order valence-corrected chi connectivity index (χ0v) is 8.98. The molecule has 1 aromatic rings. The van der Waals surface area contributed by atoms with Crippen LogP contribution in [0, 0.1) is 5.92 Å². The number of nitrogen functional groups attached to an aromatic ring is 1. The lowest BCUT2D eigenvalue weighted by Crippen LogP contribution is -2.04. The van der Waals surface area contributed by atoms with Crippen molar-refractivity contribution in [3.63, 3.8) is 0 Å². The van der Waals surface area contributed by atoms with Crippen LogP contribution in [0.2, 0.25) is 0 Å². The highest BCUT2D eigenvalue weighted by Gasteiger charge is 2.22. The van der Waals surface area contributed by atoms with E-state index < -0.39 is 5.97 Å². The quantitative estimate of drug-likeness (QED) is 0.742. The highest BCUT2D eigenvalue weighted by Crippen LogP contribution is 2.31. The maximum absolute atomic E-state index is 10.6. The van der Waals surface area contributed by atoms with Crippen LogP contribution in [-0.4, -0.2) is 17.7 Å². The second-order valence-corrected chi connectivity index (χ2v) is 4.20. The number of hydrogen-bond donors (Lipinski definition) is 2. The van der Waals surface area contributed by atoms with Crippen LogP contribution >= 0.6 is 0 Å². The minimum absolute atomic E-state index is 0.0000680. The molecule has 0 saturated heterocycles. The van der Waals surface area contributed by atoms with Gasteiger partial charge in [-0.25, -0.2) is 0 Å². The van der Waals surface area contributed by atoms with Crippen molar-refractivity contribution in [2.24, 2.45) is 5.92 Å². The van der Waals surface area contributed by atoms with E-state index >= 15 is 0 Å². The molecule has 0 spiro atoms. The number of carbonyl (C=O) groups is 1. The van der Waals surface area contributed by atoms with E-state index in [4.69, 9.17) is 15.6 Å². The highest BCUT2D eigenvalue weighted by molar-refractivity contribution is 5.71. The molecule has 0 aliphatic heterocycles. The molecule has 16 heavy (non-hydrogen) atoms. The van der Waals surface area contributed by atoms with Crippen LogP contribution in [0.3, 0.4) is 0 Å². The maximum Gasteiger partial charge on any atom is 0.307 e. The standard InChI is InChI=1S/C12H15NO3/c13-10-4-3-9(6-12(14)15)5-11(10)16-7-8-1-2-8/h3-5,8H,1-2,6-7,13H2,(H,14,15). The predicted octanol–water partition coefficient (Wildman–Crippen LogP) is 1.68. The SMILES string of the molecule is Nc1ccc(CC(=O)O)cc1OCC1CC1. The van der Waals surface area contributed by atoms with Gasteiger partial charge in [0.25, 0.3) is 0 Å². The molecule has 1 aromatic carbocycles. The molecule has 3 N–H and O–H groups in total. The summed E-state index contributed by atoms with van der Waals surface area (Å²) in [7, 11) is 0. The summed E-state index contributed by atoms with van der Waals surface area (Å²) in [5, 5.41) is 8.68. The van der Waals surface area contributed by atoms with E-state index in [-0.39, 0.29) is 6.42 Å². The Morgan fingerprint density at radius 3 is 2.88 bits per heavy atom. The fraction of sp³-hybridized carbons (Fsp3) is 0.417. The average molecular weight is 221 g/mol. The molecule has 0 radical (unpaired) electrons. The van der Waals surface area contributed by atoms with Gasteiger partial charge in [0, 0.05) is 0 Å². The van der Waals surface area contributed by atoms with Crippen LogP contribution in [0.15, 0.2) is 18.2 Å². The second kappa shape index (κ2) is 4.43. The summed E-state index contributed by atoms with van der Waals surface area (Å²) in [6.07, 6.45) is 2.43. The van der Waals surface area contributed by atoms with Gasteiger partial charge in [-0.05, 0) is 36.5 Å². The lowest BCUT2D eigenvalue weighted by atomic mass is 10.1. The van der Waals surface area contributed by atoms with Crippen LogP contribution in [0.1, 0.15) is 18.4 Å². The van der Waals surface area contributed by atoms with Gasteiger partial charge in [-0.15, -0.1) is 0 Å². The van der Waals surface area contributed by atoms with Crippen molar-refractivity contribution in [3.05, 3.63) is 23.8 Å². The third kappa shape index (κ3) is 2.89. The summed E-state index contributed by atoms with van der Waals surface area (Å²) >= 11 is 0. The van der Waals surface area contributed by atoms with Crippen LogP contribution < -0.4 is 10.5 Å². The summed E-state index contributed by atoms with van der Waals surface area (Å²) < 4.78 is 5.57. The van der Waals surface area contributed by atoms with Crippen molar-refractivity contribution in [2.75, 3.05) is 12.3 Å². The average Bonchev–Trinajstić information content (AvgIpc) is 3.02. The number of carboxylic acid groups (broad SMARTS) is 1. The smallest absolute Gasteiger partial charge is 0.307 e. The minimum atomic E-state index is -0.849. The first-order valence-electron chi connectivity index (χ1n) is 5.38. The van der Waals surface area contributed by atoms with Crippen LogP contribution in [0.25, 0.3) is 0 Å². The van der Waals surface area contributed by atoms with Crippen LogP contribution in [-0.2, 0) is 11.2 Å². The largest absolute Gasteiger partial charge is 0.491 e. The van der Waals surface area contributed by atoms with Gasteiger partial charge in [-0.1, -0.05) is 6.07 Å². The third-order valence-electron chi connectivity index (χ3n) is 2.60. The number of aliphatic carboxylic acids is 1. The van der Waals surface area contributed by atoms with Gasteiger partial charge in [-0.2, -0.15) is 0 Å². The number of nitrogens with two attached hydrogens (primary N) is 1. The fourth-order valence-electron chi connectivity index (χ4n) is 1.48. The minimum Gasteiger partial charge on any atom is -0.491 e. The van der Waals surface area contributed by atoms with E-state index in [1.165, 1.54) is 12.8 Å². The Morgan fingerprint density at radius 1 is 1.50 bits per heavy atom. The molecule has 0 aromatic heterocycles. The molecular weight excluding hydrogens is 206 g/mol. The van der Waals surface area contributed by atoms with E-state index in [1.807, 2.05) is 0 Å². The first-order chi connectivity index (χ1) is 7.65. The number of rotatable bonds is 5. The van der Waals surface area contributed by atoms with Crippen LogP contribution in [0.5, 0.6) is 5.75 Å². The number of hydrogen-bond acceptors (Lipinski definition) is 3. The van der Waals surface area contributed by atoms with Gasteiger partial charge < -0.3 is 15.6 Å². The van der Waals surface area contributed by atoms with E-state index in [0.29, 0.717) is 29.5 Å². The summed E-state index contributed by atoms with van der Waals surface area (Å²) in [5.41, 5.74) is 7.03. The van der Waals surface area contributed by atoms with Gasteiger partial charge in [0.2, 0.25) is 0 Å². The second-order valence-electron chi connectivity index (χ2n) is 4.20. The normalized spacial score (nSPS) is 14.8. The van der Waals surface area contributed by atoms with E-state index in [9.17, 15) is 4.79 Å². The van der Waals surface area contributed by atoms with Gasteiger partial charge in [-0.3, -0.25) is 4.79 Å². The first-order valence-corrected chi connectivity index (χ1v) is 5.38. The molecule has 4 heteroatoms. The highest BCUT2D eigenvalue weighted by atomic mass is 16.5. The Labute approximate surface area is 94.0 Å². The Balaban J connectivity index is 2.04.